The molecule has 26 heavy (non-hydrogen) atoms. The van der Waals surface area contributed by atoms with Gasteiger partial charge >= 0.3 is 0 Å². The van der Waals surface area contributed by atoms with E-state index in [0.29, 0.717) is 24.9 Å². The molecule has 0 bridgehead atoms. The number of nitrogens with one attached hydrogen (secondary N) is 2. The highest BCUT2D eigenvalue weighted by Crippen LogP contribution is 2.20. The lowest BCUT2D eigenvalue weighted by molar-refractivity contribution is 0.497. The third-order valence-corrected chi connectivity index (χ3v) is 4.15. The van der Waals surface area contributed by atoms with E-state index in [1.54, 1.807) is 13.2 Å². The maximum Gasteiger partial charge on any atom is 0.214 e. The van der Waals surface area contributed by atoms with Crippen LogP contribution >= 0.6 is 11.6 Å². The lowest BCUT2D eigenvalue weighted by Gasteiger charge is -2.10. The van der Waals surface area contributed by atoms with Crippen LogP contribution in [0, 0.1) is 6.92 Å². The minimum atomic E-state index is 0.451. The Morgan fingerprint density at radius 3 is 2.42 bits per heavy atom. The quantitative estimate of drug-likeness (QED) is 0.524. The predicted molar refractivity (Wildman–Crippen MR) is 105 cm³/mol. The highest BCUT2D eigenvalue weighted by Gasteiger charge is 2.07. The first-order valence-electron chi connectivity index (χ1n) is 8.35. The summed E-state index contributed by atoms with van der Waals surface area (Å²) in [6.45, 7) is 3.16. The molecule has 0 atom stereocenters. The highest BCUT2D eigenvalue weighted by molar-refractivity contribution is 6.30. The average Bonchev–Trinajstić information content (AvgIpc) is 3.13. The van der Waals surface area contributed by atoms with Crippen LogP contribution in [0.3, 0.4) is 0 Å². The van der Waals surface area contributed by atoms with E-state index in [1.165, 1.54) is 5.56 Å². The van der Waals surface area contributed by atoms with Gasteiger partial charge in [-0.1, -0.05) is 53.6 Å². The average molecular weight is 369 g/mol. The van der Waals surface area contributed by atoms with E-state index in [2.05, 4.69) is 39.7 Å². The van der Waals surface area contributed by atoms with Crippen molar-refractivity contribution < 1.29 is 4.42 Å². The van der Waals surface area contributed by atoms with Crippen LogP contribution in [-0.4, -0.2) is 18.0 Å². The minimum absolute atomic E-state index is 0.451. The van der Waals surface area contributed by atoms with Crippen LogP contribution in [-0.2, 0) is 13.1 Å². The van der Waals surface area contributed by atoms with Gasteiger partial charge in [-0.2, -0.15) is 0 Å². The van der Waals surface area contributed by atoms with Gasteiger partial charge in [-0.25, -0.2) is 4.98 Å². The molecular weight excluding hydrogens is 348 g/mol. The number of benzene rings is 2. The van der Waals surface area contributed by atoms with Crippen molar-refractivity contribution >= 4 is 17.6 Å². The van der Waals surface area contributed by atoms with E-state index >= 15 is 0 Å². The lowest BCUT2D eigenvalue weighted by Crippen LogP contribution is -2.36. The summed E-state index contributed by atoms with van der Waals surface area (Å²) in [5.41, 5.74) is 3.35. The number of rotatable bonds is 5. The first kappa shape index (κ1) is 18.0. The number of aromatic nitrogens is 1. The Hall–Kier alpha value is -2.79. The zero-order valence-corrected chi connectivity index (χ0v) is 15.5. The maximum atomic E-state index is 5.90. The van der Waals surface area contributed by atoms with Crippen LogP contribution in [0.25, 0.3) is 11.3 Å². The van der Waals surface area contributed by atoms with Crippen molar-refractivity contribution in [3.8, 4) is 11.3 Å². The van der Waals surface area contributed by atoms with E-state index in [4.69, 9.17) is 16.0 Å². The molecule has 0 aliphatic carbocycles. The third-order valence-electron chi connectivity index (χ3n) is 3.89. The van der Waals surface area contributed by atoms with E-state index in [0.717, 1.165) is 21.9 Å². The Balaban J connectivity index is 1.54. The monoisotopic (exact) mass is 368 g/mol. The van der Waals surface area contributed by atoms with Crippen molar-refractivity contribution in [2.45, 2.75) is 20.0 Å². The molecule has 0 aliphatic heterocycles. The number of hydrogen-bond donors (Lipinski definition) is 2. The first-order chi connectivity index (χ1) is 12.6. The summed E-state index contributed by atoms with van der Waals surface area (Å²) in [4.78, 5) is 8.53. The van der Waals surface area contributed by atoms with Gasteiger partial charge in [0, 0.05) is 24.2 Å². The van der Waals surface area contributed by atoms with Gasteiger partial charge in [0.05, 0.1) is 12.7 Å². The molecule has 3 rings (SSSR count). The molecule has 134 valence electrons. The topological polar surface area (TPSA) is 62.5 Å². The molecule has 1 aromatic heterocycles. The predicted octanol–water partition coefficient (Wildman–Crippen LogP) is 4.17. The second-order valence-corrected chi connectivity index (χ2v) is 6.33. The molecule has 5 nitrogen and oxygen atoms in total. The Labute approximate surface area is 158 Å². The largest absolute Gasteiger partial charge is 0.439 e. The number of guanidine groups is 1. The van der Waals surface area contributed by atoms with Crippen LogP contribution < -0.4 is 10.6 Å². The van der Waals surface area contributed by atoms with Crippen molar-refractivity contribution in [3.05, 3.63) is 76.8 Å². The van der Waals surface area contributed by atoms with Crippen LogP contribution in [0.4, 0.5) is 0 Å². The van der Waals surface area contributed by atoms with Gasteiger partial charge in [0.2, 0.25) is 5.89 Å². The molecule has 1 heterocycles. The zero-order chi connectivity index (χ0) is 18.4. The molecule has 0 radical (unpaired) electrons. The van der Waals surface area contributed by atoms with E-state index < -0.39 is 0 Å². The standard InChI is InChI=1S/C20H21ClN4O/c1-14-3-7-16(8-4-14)18-12-23-19(26-18)13-25-20(22-2)24-11-15-5-9-17(21)10-6-15/h3-10,12H,11,13H2,1-2H3,(H2,22,24,25). The fourth-order valence-corrected chi connectivity index (χ4v) is 2.54. The third kappa shape index (κ3) is 4.86. The molecule has 2 aromatic carbocycles. The number of hydrogen-bond acceptors (Lipinski definition) is 3. The summed E-state index contributed by atoms with van der Waals surface area (Å²) < 4.78 is 5.81. The number of halogens is 1. The number of oxazole rings is 1. The van der Waals surface area contributed by atoms with Crippen LogP contribution in [0.1, 0.15) is 17.0 Å². The molecule has 0 unspecified atom stereocenters. The molecule has 0 spiro atoms. The summed E-state index contributed by atoms with van der Waals surface area (Å²) in [6.07, 6.45) is 1.74. The Morgan fingerprint density at radius 2 is 1.73 bits per heavy atom. The Morgan fingerprint density at radius 1 is 1.04 bits per heavy atom. The normalized spacial score (nSPS) is 11.4. The summed E-state index contributed by atoms with van der Waals surface area (Å²) >= 11 is 5.90. The summed E-state index contributed by atoms with van der Waals surface area (Å²) in [5, 5.41) is 7.17. The van der Waals surface area contributed by atoms with Crippen LogP contribution in [0.2, 0.25) is 5.02 Å². The van der Waals surface area contributed by atoms with Gasteiger partial charge in [0.15, 0.2) is 11.7 Å². The SMILES string of the molecule is CN=C(NCc1ccc(Cl)cc1)NCc1ncc(-c2ccc(C)cc2)o1. The summed E-state index contributed by atoms with van der Waals surface area (Å²) in [6, 6.07) is 15.9. The number of aryl methyl sites for hydroxylation is 1. The molecule has 0 fully saturated rings. The van der Waals surface area contributed by atoms with Crippen molar-refractivity contribution in [2.75, 3.05) is 7.05 Å². The summed E-state index contributed by atoms with van der Waals surface area (Å²) in [5.74, 6) is 2.04. The summed E-state index contributed by atoms with van der Waals surface area (Å²) in [7, 11) is 1.73. The van der Waals surface area contributed by atoms with E-state index in [9.17, 15) is 0 Å². The molecule has 6 heteroatoms. The first-order valence-corrected chi connectivity index (χ1v) is 8.72. The fraction of sp³-hybridized carbons (Fsp3) is 0.200. The minimum Gasteiger partial charge on any atom is -0.439 e. The fourth-order valence-electron chi connectivity index (χ4n) is 2.41. The van der Waals surface area contributed by atoms with Crippen molar-refractivity contribution in [1.82, 2.24) is 15.6 Å². The molecule has 0 saturated heterocycles. The molecule has 0 amide bonds. The van der Waals surface area contributed by atoms with Gasteiger partial charge in [0.1, 0.15) is 0 Å². The van der Waals surface area contributed by atoms with Crippen molar-refractivity contribution in [2.24, 2.45) is 4.99 Å². The van der Waals surface area contributed by atoms with Crippen molar-refractivity contribution in [1.29, 1.82) is 0 Å². The maximum absolute atomic E-state index is 5.90. The van der Waals surface area contributed by atoms with Gasteiger partial charge in [0.25, 0.3) is 0 Å². The second-order valence-electron chi connectivity index (χ2n) is 5.89. The smallest absolute Gasteiger partial charge is 0.214 e. The molecule has 0 aliphatic rings. The second kappa shape index (κ2) is 8.54. The molecule has 2 N–H and O–H groups in total. The van der Waals surface area contributed by atoms with Gasteiger partial charge in [-0.05, 0) is 24.6 Å². The Kier molecular flexibility index (Phi) is 5.92. The molecule has 0 saturated carbocycles. The van der Waals surface area contributed by atoms with Crippen molar-refractivity contribution in [3.63, 3.8) is 0 Å². The lowest BCUT2D eigenvalue weighted by atomic mass is 10.1. The van der Waals surface area contributed by atoms with Crippen LogP contribution in [0.15, 0.2) is 64.1 Å². The molecular formula is C20H21ClN4O. The van der Waals surface area contributed by atoms with E-state index in [-0.39, 0.29) is 0 Å². The van der Waals surface area contributed by atoms with Gasteiger partial charge < -0.3 is 15.1 Å². The number of nitrogens with zero attached hydrogens (tertiary/aromatic N) is 2. The molecule has 3 aromatic rings. The van der Waals surface area contributed by atoms with E-state index in [1.807, 2.05) is 36.4 Å². The number of aliphatic imine (C=N–C) groups is 1. The highest BCUT2D eigenvalue weighted by atomic mass is 35.5. The Bertz CT molecular complexity index is 870. The van der Waals surface area contributed by atoms with Gasteiger partial charge in [-0.15, -0.1) is 0 Å². The van der Waals surface area contributed by atoms with Gasteiger partial charge in [-0.3, -0.25) is 4.99 Å². The van der Waals surface area contributed by atoms with Crippen LogP contribution in [0.5, 0.6) is 0 Å². The zero-order valence-electron chi connectivity index (χ0n) is 14.8.